The van der Waals surface area contributed by atoms with Crippen molar-refractivity contribution in [3.8, 4) is 0 Å². The first-order valence-electron chi connectivity index (χ1n) is 11.2. The molecule has 0 aliphatic heterocycles. The van der Waals surface area contributed by atoms with Gasteiger partial charge in [0, 0.05) is 29.7 Å². The number of carbonyl (C=O) groups is 2. The third-order valence-corrected chi connectivity index (χ3v) is 5.18. The zero-order valence-electron chi connectivity index (χ0n) is 20.0. The van der Waals surface area contributed by atoms with Gasteiger partial charge in [-0.15, -0.1) is 9.32 Å². The van der Waals surface area contributed by atoms with Crippen molar-refractivity contribution in [1.29, 1.82) is 0 Å². The lowest BCUT2D eigenvalue weighted by molar-refractivity contribution is -0.195. The van der Waals surface area contributed by atoms with Gasteiger partial charge in [0.2, 0.25) is 5.91 Å². The minimum absolute atomic E-state index is 0.0407. The van der Waals surface area contributed by atoms with Gasteiger partial charge in [-0.25, -0.2) is 0 Å². The highest BCUT2D eigenvalue weighted by atomic mass is 32.2. The lowest BCUT2D eigenvalue weighted by Gasteiger charge is -2.24. The predicted octanol–water partition coefficient (Wildman–Crippen LogP) is 4.25. The Bertz CT molecular complexity index is 875. The molecule has 2 aromatic rings. The van der Waals surface area contributed by atoms with Gasteiger partial charge in [-0.1, -0.05) is 12.5 Å². The summed E-state index contributed by atoms with van der Waals surface area (Å²) in [6.45, 7) is 7.06. The molecule has 1 amide bonds. The lowest BCUT2D eigenvalue weighted by atomic mass is 10.1. The second-order valence-electron chi connectivity index (χ2n) is 8.75. The van der Waals surface area contributed by atoms with Crippen LogP contribution in [0.5, 0.6) is 0 Å². The number of nitrogens with one attached hydrogen (secondary N) is 1. The first-order valence-corrected chi connectivity index (χ1v) is 11.9. The zero-order chi connectivity index (χ0) is 24.8. The average Bonchev–Trinajstić information content (AvgIpc) is 2.77. The van der Waals surface area contributed by atoms with E-state index in [1.54, 1.807) is 30.5 Å². The smallest absolute Gasteiger partial charge is 0.320 e. The fourth-order valence-electron chi connectivity index (χ4n) is 3.17. The van der Waals surface area contributed by atoms with Gasteiger partial charge >= 0.3 is 5.97 Å². The number of benzene rings is 1. The molecule has 0 radical (unpaired) electrons. The molecule has 0 saturated carbocycles. The van der Waals surface area contributed by atoms with Crippen LogP contribution < -0.4 is 11.2 Å². The Morgan fingerprint density at radius 3 is 2.50 bits per heavy atom. The van der Waals surface area contributed by atoms with Crippen molar-refractivity contribution in [2.75, 3.05) is 18.4 Å². The number of aromatic nitrogens is 1. The number of ether oxygens (including phenoxy) is 1. The number of hydrogen-bond donors (Lipinski definition) is 2. The molecule has 0 aliphatic rings. The predicted molar refractivity (Wildman–Crippen MR) is 131 cm³/mol. The van der Waals surface area contributed by atoms with E-state index in [0.29, 0.717) is 25.2 Å². The molecule has 2 rings (SSSR count). The molecule has 0 bridgehead atoms. The zero-order valence-corrected chi connectivity index (χ0v) is 20.8. The minimum atomic E-state index is -0.521. The Morgan fingerprint density at radius 2 is 1.85 bits per heavy atom. The Labute approximate surface area is 205 Å². The van der Waals surface area contributed by atoms with Crippen molar-refractivity contribution in [2.45, 2.75) is 63.5 Å². The van der Waals surface area contributed by atoms with Crippen LogP contribution in [0.25, 0.3) is 0 Å². The van der Waals surface area contributed by atoms with Crippen molar-refractivity contribution >= 4 is 29.6 Å². The van der Waals surface area contributed by atoms with E-state index in [2.05, 4.69) is 19.6 Å². The topological polar surface area (TPSA) is 116 Å². The van der Waals surface area contributed by atoms with Gasteiger partial charge in [-0.3, -0.25) is 19.5 Å². The highest BCUT2D eigenvalue weighted by molar-refractivity contribution is 7.94. The van der Waals surface area contributed by atoms with Gasteiger partial charge in [-0.2, -0.15) is 5.90 Å². The molecule has 1 aromatic heterocycles. The van der Waals surface area contributed by atoms with Gasteiger partial charge in [0.05, 0.1) is 24.3 Å². The van der Waals surface area contributed by atoms with Gasteiger partial charge in [0.1, 0.15) is 5.60 Å². The van der Waals surface area contributed by atoms with Gasteiger partial charge < -0.3 is 10.1 Å². The van der Waals surface area contributed by atoms with Crippen LogP contribution >= 0.6 is 12.0 Å². The summed E-state index contributed by atoms with van der Waals surface area (Å²) < 4.78 is 10.1. The second-order valence-corrected chi connectivity index (χ2v) is 9.52. The van der Waals surface area contributed by atoms with Crippen LogP contribution in [-0.2, 0) is 30.2 Å². The van der Waals surface area contributed by atoms with E-state index in [0.717, 1.165) is 41.9 Å². The third-order valence-electron chi connectivity index (χ3n) is 4.57. The molecule has 9 nitrogen and oxygen atoms in total. The molecule has 0 fully saturated rings. The molecule has 186 valence electrons. The summed E-state index contributed by atoms with van der Waals surface area (Å²) in [5.41, 5.74) is 1.09. The second kappa shape index (κ2) is 14.7. The molecule has 0 unspecified atom stereocenters. The fraction of sp³-hybridized carbons (Fsp3) is 0.458. The SMILES string of the molecule is CC(C)(C)OC(=O)CN(CCCCCC(=O)Nc1ccc(SOON)cc1)Cc1ccccn1. The summed E-state index contributed by atoms with van der Waals surface area (Å²) >= 11 is 0.979. The number of rotatable bonds is 14. The van der Waals surface area contributed by atoms with Crippen LogP contribution in [0, 0.1) is 0 Å². The van der Waals surface area contributed by atoms with Crippen LogP contribution in [-0.4, -0.2) is 40.5 Å². The van der Waals surface area contributed by atoms with Crippen molar-refractivity contribution in [3.63, 3.8) is 0 Å². The number of pyridine rings is 1. The maximum atomic E-state index is 12.3. The van der Waals surface area contributed by atoms with Crippen molar-refractivity contribution < 1.29 is 23.6 Å². The van der Waals surface area contributed by atoms with Gasteiger partial charge in [-0.05, 0) is 76.6 Å². The summed E-state index contributed by atoms with van der Waals surface area (Å²) in [7, 11) is 0. The van der Waals surface area contributed by atoms with E-state index >= 15 is 0 Å². The van der Waals surface area contributed by atoms with Crippen molar-refractivity contribution in [2.24, 2.45) is 5.90 Å². The molecule has 0 spiro atoms. The highest BCUT2D eigenvalue weighted by Gasteiger charge is 2.19. The average molecular weight is 491 g/mol. The van der Waals surface area contributed by atoms with Crippen LogP contribution in [0.1, 0.15) is 52.1 Å². The largest absolute Gasteiger partial charge is 0.459 e. The molecular weight excluding hydrogens is 456 g/mol. The Hall–Kier alpha value is -2.50. The Balaban J connectivity index is 1.73. The molecule has 1 heterocycles. The van der Waals surface area contributed by atoms with E-state index in [1.165, 1.54) is 0 Å². The summed E-state index contributed by atoms with van der Waals surface area (Å²) in [5.74, 6) is 4.51. The molecule has 0 atom stereocenters. The molecular formula is C24H34N4O5S. The van der Waals surface area contributed by atoms with E-state index in [9.17, 15) is 9.59 Å². The van der Waals surface area contributed by atoms with E-state index in [4.69, 9.17) is 10.6 Å². The standard InChI is InChI=1S/C24H34N4O5S/c1-24(2,3)31-23(30)18-28(17-20-9-6-7-15-26-20)16-8-4-5-10-22(29)27-19-11-13-21(14-12-19)34-33-32-25/h6-7,9,11-15H,4-5,8,10,16-18,25H2,1-3H3,(H,27,29). The Morgan fingerprint density at radius 1 is 1.09 bits per heavy atom. The van der Waals surface area contributed by atoms with Crippen LogP contribution in [0.2, 0.25) is 0 Å². The Kier molecular flexibility index (Phi) is 12.0. The number of nitrogens with two attached hydrogens (primary N) is 1. The normalized spacial score (nSPS) is 11.4. The summed E-state index contributed by atoms with van der Waals surface area (Å²) in [6, 6.07) is 12.9. The maximum Gasteiger partial charge on any atom is 0.320 e. The molecule has 0 aliphatic carbocycles. The summed E-state index contributed by atoms with van der Waals surface area (Å²) in [4.78, 5) is 35.8. The number of amides is 1. The summed E-state index contributed by atoms with van der Waals surface area (Å²) in [6.07, 6.45) is 4.65. The summed E-state index contributed by atoms with van der Waals surface area (Å²) in [5, 5.41) is 2.88. The number of nitrogens with zero attached hydrogens (tertiary/aromatic N) is 2. The number of hydrogen-bond acceptors (Lipinski definition) is 9. The first kappa shape index (κ1) is 27.7. The molecule has 34 heavy (non-hydrogen) atoms. The molecule has 0 saturated heterocycles. The maximum absolute atomic E-state index is 12.3. The van der Waals surface area contributed by atoms with Gasteiger partial charge in [0.15, 0.2) is 0 Å². The third kappa shape index (κ3) is 12.1. The van der Waals surface area contributed by atoms with E-state index in [1.807, 2.05) is 43.9 Å². The lowest BCUT2D eigenvalue weighted by Crippen LogP contribution is -2.35. The first-order chi connectivity index (χ1) is 16.2. The number of esters is 1. The van der Waals surface area contributed by atoms with Crippen LogP contribution in [0.4, 0.5) is 5.69 Å². The van der Waals surface area contributed by atoms with Crippen LogP contribution in [0.15, 0.2) is 53.6 Å². The number of unbranched alkanes of at least 4 members (excludes halogenated alkanes) is 2. The number of anilines is 1. The van der Waals surface area contributed by atoms with Gasteiger partial charge in [0.25, 0.3) is 0 Å². The van der Waals surface area contributed by atoms with Crippen LogP contribution in [0.3, 0.4) is 0 Å². The molecule has 1 aromatic carbocycles. The van der Waals surface area contributed by atoms with Crippen molar-refractivity contribution in [3.05, 3.63) is 54.4 Å². The fourth-order valence-corrected chi connectivity index (χ4v) is 3.53. The minimum Gasteiger partial charge on any atom is -0.459 e. The van der Waals surface area contributed by atoms with Crippen molar-refractivity contribution in [1.82, 2.24) is 9.88 Å². The monoisotopic (exact) mass is 490 g/mol. The molecule has 10 heteroatoms. The van der Waals surface area contributed by atoms with E-state index < -0.39 is 5.60 Å². The quantitative estimate of drug-likeness (QED) is 0.132. The van der Waals surface area contributed by atoms with E-state index in [-0.39, 0.29) is 18.4 Å². The highest BCUT2D eigenvalue weighted by Crippen LogP contribution is 2.21. The number of carbonyl (C=O) groups excluding carboxylic acids is 2. The molecule has 3 N–H and O–H groups in total.